The molecule has 0 amide bonds. The first-order chi connectivity index (χ1) is 13.6. The average molecular weight is 563 g/mol. The highest BCUT2D eigenvalue weighted by Crippen LogP contribution is 2.19. The highest BCUT2D eigenvalue weighted by Gasteiger charge is 2.34. The maximum Gasteiger partial charge on any atom is 0.401 e. The Hall–Kier alpha value is -1.12. The Labute approximate surface area is 193 Å². The lowest BCUT2D eigenvalue weighted by Gasteiger charge is -2.19. The van der Waals surface area contributed by atoms with Gasteiger partial charge in [-0.2, -0.15) is 13.2 Å². The quantitative estimate of drug-likeness (QED) is 0.195. The summed E-state index contributed by atoms with van der Waals surface area (Å²) in [7, 11) is -3.61. The van der Waals surface area contributed by atoms with E-state index in [1.54, 1.807) is 24.3 Å². The lowest BCUT2D eigenvalue weighted by molar-refractivity contribution is -0.143. The zero-order chi connectivity index (χ0) is 21.5. The molecule has 172 valence electrons. The van der Waals surface area contributed by atoms with Crippen LogP contribution >= 0.6 is 24.0 Å². The largest absolute Gasteiger partial charge is 0.401 e. The number of sulfonamides is 1. The Morgan fingerprint density at radius 2 is 1.93 bits per heavy atom. The molecule has 30 heavy (non-hydrogen) atoms. The molecule has 1 unspecified atom stereocenters. The van der Waals surface area contributed by atoms with Crippen LogP contribution in [-0.4, -0.2) is 70.8 Å². The smallest absolute Gasteiger partial charge is 0.357 e. The number of aliphatic imine (C=N–C) groups is 1. The Balaban J connectivity index is 0.00000450. The van der Waals surface area contributed by atoms with Crippen LogP contribution in [0.2, 0.25) is 0 Å². The van der Waals surface area contributed by atoms with Crippen molar-refractivity contribution in [2.75, 3.05) is 39.3 Å². The predicted octanol–water partition coefficient (Wildman–Crippen LogP) is 2.08. The van der Waals surface area contributed by atoms with Crippen LogP contribution in [0.25, 0.3) is 0 Å². The van der Waals surface area contributed by atoms with Crippen molar-refractivity contribution in [1.29, 1.82) is 0 Å². The van der Waals surface area contributed by atoms with E-state index in [9.17, 15) is 21.6 Å². The minimum atomic E-state index is -4.21. The van der Waals surface area contributed by atoms with Gasteiger partial charge in [0.1, 0.15) is 0 Å². The highest BCUT2D eigenvalue weighted by atomic mass is 127. The van der Waals surface area contributed by atoms with E-state index in [-0.39, 0.29) is 54.5 Å². The first-order valence-electron chi connectivity index (χ1n) is 9.49. The number of halogens is 4. The van der Waals surface area contributed by atoms with Gasteiger partial charge < -0.3 is 10.6 Å². The fraction of sp³-hybridized carbons (Fsp3) is 0.611. The molecule has 3 N–H and O–H groups in total. The van der Waals surface area contributed by atoms with Gasteiger partial charge in [-0.25, -0.2) is 13.1 Å². The zero-order valence-electron chi connectivity index (χ0n) is 17.0. The topological polar surface area (TPSA) is 85.8 Å². The second-order valence-electron chi connectivity index (χ2n) is 6.95. The second-order valence-corrected chi connectivity index (χ2v) is 8.72. The molecule has 1 fully saturated rings. The lowest BCUT2D eigenvalue weighted by atomic mass is 10.2. The van der Waals surface area contributed by atoms with Crippen LogP contribution in [0.1, 0.15) is 18.9 Å². The van der Waals surface area contributed by atoms with Gasteiger partial charge in [-0.1, -0.05) is 17.7 Å². The number of nitrogens with one attached hydrogen (secondary N) is 3. The SMILES string of the molecule is CCNC(=NCCNS(=O)(=O)c1ccc(C)cc1)NC1CCN(CC(F)(F)F)C1.I. The molecule has 12 heteroatoms. The van der Waals surface area contributed by atoms with Gasteiger partial charge in [-0.15, -0.1) is 24.0 Å². The molecule has 1 atom stereocenters. The van der Waals surface area contributed by atoms with Crippen LogP contribution < -0.4 is 15.4 Å². The van der Waals surface area contributed by atoms with Crippen molar-refractivity contribution >= 4 is 40.0 Å². The van der Waals surface area contributed by atoms with E-state index < -0.39 is 22.7 Å². The summed E-state index contributed by atoms with van der Waals surface area (Å²) < 4.78 is 64.5. The van der Waals surface area contributed by atoms with Crippen LogP contribution in [0.5, 0.6) is 0 Å². The van der Waals surface area contributed by atoms with Gasteiger partial charge in [-0.05, 0) is 32.4 Å². The van der Waals surface area contributed by atoms with Crippen LogP contribution in [0.4, 0.5) is 13.2 Å². The fourth-order valence-electron chi connectivity index (χ4n) is 3.01. The maximum absolute atomic E-state index is 12.5. The van der Waals surface area contributed by atoms with E-state index in [1.165, 1.54) is 4.90 Å². The van der Waals surface area contributed by atoms with E-state index in [0.29, 0.717) is 25.5 Å². The highest BCUT2D eigenvalue weighted by molar-refractivity contribution is 14.0. The van der Waals surface area contributed by atoms with Crippen molar-refractivity contribution in [1.82, 2.24) is 20.3 Å². The summed E-state index contributed by atoms with van der Waals surface area (Å²) in [5.74, 6) is 0.459. The van der Waals surface area contributed by atoms with Crippen molar-refractivity contribution < 1.29 is 21.6 Å². The molecular formula is C18H29F3IN5O2S. The number of hydrogen-bond donors (Lipinski definition) is 3. The molecule has 0 bridgehead atoms. The maximum atomic E-state index is 12.5. The van der Waals surface area contributed by atoms with E-state index in [2.05, 4.69) is 20.3 Å². The summed E-state index contributed by atoms with van der Waals surface area (Å²) in [6.07, 6.45) is -3.62. The summed E-state index contributed by atoms with van der Waals surface area (Å²) in [6, 6.07) is 6.39. The van der Waals surface area contributed by atoms with E-state index in [0.717, 1.165) is 5.56 Å². The first-order valence-corrected chi connectivity index (χ1v) is 11.0. The molecule has 1 saturated heterocycles. The van der Waals surface area contributed by atoms with Gasteiger partial charge in [0.15, 0.2) is 5.96 Å². The standard InChI is InChI=1S/C18H28F3N5O2S.HI/c1-3-22-17(25-15-8-11-26(12-15)13-18(19,20)21)23-9-10-24-29(27,28)16-6-4-14(2)5-7-16;/h4-7,15,24H,3,8-13H2,1-2H3,(H2,22,23,25);1H. The van der Waals surface area contributed by atoms with Gasteiger partial charge in [0.25, 0.3) is 0 Å². The number of aryl methyl sites for hydroxylation is 1. The van der Waals surface area contributed by atoms with Crippen molar-refractivity contribution in [3.63, 3.8) is 0 Å². The molecule has 1 heterocycles. The van der Waals surface area contributed by atoms with Crippen molar-refractivity contribution in [3.05, 3.63) is 29.8 Å². The Morgan fingerprint density at radius 1 is 1.27 bits per heavy atom. The molecule has 0 aromatic heterocycles. The normalized spacial score (nSPS) is 18.2. The molecule has 1 aliphatic heterocycles. The van der Waals surface area contributed by atoms with Crippen LogP contribution in [0.15, 0.2) is 34.2 Å². The number of alkyl halides is 3. The lowest BCUT2D eigenvalue weighted by Crippen LogP contribution is -2.45. The molecule has 7 nitrogen and oxygen atoms in total. The van der Waals surface area contributed by atoms with Crippen LogP contribution in [0.3, 0.4) is 0 Å². The number of nitrogens with zero attached hydrogens (tertiary/aromatic N) is 2. The predicted molar refractivity (Wildman–Crippen MR) is 122 cm³/mol. The van der Waals surface area contributed by atoms with E-state index in [4.69, 9.17) is 0 Å². The zero-order valence-corrected chi connectivity index (χ0v) is 20.1. The van der Waals surface area contributed by atoms with Crippen molar-refractivity contribution in [2.24, 2.45) is 4.99 Å². The van der Waals surface area contributed by atoms with E-state index in [1.807, 2.05) is 13.8 Å². The number of guanidine groups is 1. The summed E-state index contributed by atoms with van der Waals surface area (Å²) in [4.78, 5) is 5.86. The Morgan fingerprint density at radius 3 is 2.53 bits per heavy atom. The molecule has 1 aliphatic rings. The molecule has 1 aromatic rings. The van der Waals surface area contributed by atoms with Gasteiger partial charge in [0.2, 0.25) is 10.0 Å². The minimum absolute atomic E-state index is 0. The number of hydrogen-bond acceptors (Lipinski definition) is 4. The van der Waals surface area contributed by atoms with Gasteiger partial charge >= 0.3 is 6.18 Å². The number of likely N-dealkylation sites (tertiary alicyclic amines) is 1. The van der Waals surface area contributed by atoms with Crippen LogP contribution in [0, 0.1) is 6.92 Å². The summed E-state index contributed by atoms with van der Waals surface area (Å²) in [5, 5.41) is 6.15. The van der Waals surface area contributed by atoms with Gasteiger partial charge in [-0.3, -0.25) is 9.89 Å². The van der Waals surface area contributed by atoms with Gasteiger partial charge in [0, 0.05) is 32.2 Å². The minimum Gasteiger partial charge on any atom is -0.357 e. The Kier molecular flexibility index (Phi) is 10.8. The molecule has 2 rings (SSSR count). The summed E-state index contributed by atoms with van der Waals surface area (Å²) in [5.41, 5.74) is 0.968. The van der Waals surface area contributed by atoms with Gasteiger partial charge in [0.05, 0.1) is 18.0 Å². The number of benzene rings is 1. The molecule has 0 aliphatic carbocycles. The van der Waals surface area contributed by atoms with E-state index >= 15 is 0 Å². The third-order valence-corrected chi connectivity index (χ3v) is 5.84. The van der Waals surface area contributed by atoms with Crippen LogP contribution in [-0.2, 0) is 10.0 Å². The molecule has 1 aromatic carbocycles. The molecule has 0 radical (unpaired) electrons. The number of rotatable bonds is 8. The molecule has 0 saturated carbocycles. The second kappa shape index (κ2) is 12.1. The average Bonchev–Trinajstić information content (AvgIpc) is 3.04. The third-order valence-electron chi connectivity index (χ3n) is 4.37. The summed E-state index contributed by atoms with van der Waals surface area (Å²) >= 11 is 0. The summed E-state index contributed by atoms with van der Waals surface area (Å²) in [6.45, 7) is 4.37. The van der Waals surface area contributed by atoms with Crippen molar-refractivity contribution in [3.8, 4) is 0 Å². The fourth-order valence-corrected chi connectivity index (χ4v) is 4.03. The molecule has 0 spiro atoms. The monoisotopic (exact) mass is 563 g/mol. The van der Waals surface area contributed by atoms with Crippen molar-refractivity contribution in [2.45, 2.75) is 37.4 Å². The molecular weight excluding hydrogens is 534 g/mol. The Bertz CT molecular complexity index is 788. The first kappa shape index (κ1) is 26.9. The third kappa shape index (κ3) is 9.35.